The van der Waals surface area contributed by atoms with Gasteiger partial charge >= 0.3 is 6.01 Å². The van der Waals surface area contributed by atoms with Crippen molar-refractivity contribution < 1.29 is 13.5 Å². The summed E-state index contributed by atoms with van der Waals surface area (Å²) in [6.45, 7) is 5.03. The maximum atomic E-state index is 15.1. The van der Waals surface area contributed by atoms with Crippen LogP contribution in [0.4, 0.5) is 25.5 Å². The third-order valence-corrected chi connectivity index (χ3v) is 6.54. The average Bonchev–Trinajstić information content (AvgIpc) is 3.42. The first-order chi connectivity index (χ1) is 16.4. The largest absolute Gasteiger partial charge is 0.418 e. The summed E-state index contributed by atoms with van der Waals surface area (Å²) in [5.41, 5.74) is 1.87. The number of hydrogen-bond acceptors (Lipinski definition) is 9. The lowest BCUT2D eigenvalue weighted by molar-refractivity contribution is 0.311. The molecule has 0 unspecified atom stereocenters. The van der Waals surface area contributed by atoms with E-state index in [-0.39, 0.29) is 6.01 Å². The van der Waals surface area contributed by atoms with Crippen LogP contribution >= 0.6 is 11.3 Å². The summed E-state index contributed by atoms with van der Waals surface area (Å²) in [7, 11) is 2.05. The normalized spacial score (nSPS) is 15.6. The highest BCUT2D eigenvalue weighted by Crippen LogP contribution is 2.36. The predicted octanol–water partition coefficient (Wildman–Crippen LogP) is 4.33. The highest BCUT2D eigenvalue weighted by atomic mass is 32.1. The van der Waals surface area contributed by atoms with Crippen molar-refractivity contribution in [2.45, 2.75) is 13.3 Å². The number of benzene rings is 1. The molecular formula is C23H21F2N7OS. The minimum Gasteiger partial charge on any atom is -0.418 e. The number of likely N-dealkylation sites (N-methyl/N-ethyl adjacent to an activating group) is 1. The topological polar surface area (TPSA) is 90.2 Å². The van der Waals surface area contributed by atoms with Gasteiger partial charge in [-0.15, -0.1) is 0 Å². The standard InChI is InChI=1S/C23H21F2N7OS/c1-13-7-14-9-17(24)21(20(25)16(14)8-13)33-22-28-18(29-23-27-12-15(11-26)34-23)10-19(30-22)32-5-3-31(2)4-6-32/h8-10,12H,3-7H2,1-2H3,(H,27,28,29,30). The summed E-state index contributed by atoms with van der Waals surface area (Å²) < 4.78 is 35.5. The van der Waals surface area contributed by atoms with Crippen LogP contribution in [0.1, 0.15) is 22.9 Å². The first kappa shape index (κ1) is 22.2. The van der Waals surface area contributed by atoms with Gasteiger partial charge in [0.25, 0.3) is 0 Å². The Morgan fingerprint density at radius 1 is 1.18 bits per heavy atom. The van der Waals surface area contributed by atoms with E-state index in [1.54, 1.807) is 12.1 Å². The van der Waals surface area contributed by atoms with Crippen LogP contribution < -0.4 is 15.0 Å². The summed E-state index contributed by atoms with van der Waals surface area (Å²) in [6.07, 6.45) is 3.66. The number of nitrogens with one attached hydrogen (secondary N) is 1. The van der Waals surface area contributed by atoms with Gasteiger partial charge < -0.3 is 19.9 Å². The minimum absolute atomic E-state index is 0.188. The molecule has 174 valence electrons. The van der Waals surface area contributed by atoms with Gasteiger partial charge in [-0.05, 0) is 32.0 Å². The summed E-state index contributed by atoms with van der Waals surface area (Å²) >= 11 is 1.17. The van der Waals surface area contributed by atoms with Crippen LogP contribution in [0.25, 0.3) is 6.08 Å². The molecule has 1 aliphatic heterocycles. The Labute approximate surface area is 199 Å². The molecule has 2 aliphatic rings. The molecule has 0 atom stereocenters. The molecule has 1 fully saturated rings. The van der Waals surface area contributed by atoms with E-state index in [0.717, 1.165) is 31.8 Å². The number of hydrogen-bond donors (Lipinski definition) is 1. The lowest BCUT2D eigenvalue weighted by atomic mass is 10.1. The number of aromatic nitrogens is 3. The number of anilines is 3. The molecule has 11 heteroatoms. The first-order valence-electron chi connectivity index (χ1n) is 10.7. The van der Waals surface area contributed by atoms with E-state index in [9.17, 15) is 4.39 Å². The second-order valence-electron chi connectivity index (χ2n) is 8.29. The van der Waals surface area contributed by atoms with Crippen LogP contribution in [0, 0.1) is 23.0 Å². The van der Waals surface area contributed by atoms with E-state index < -0.39 is 17.4 Å². The average molecular weight is 482 g/mol. The molecule has 1 saturated heterocycles. The Kier molecular flexibility index (Phi) is 5.85. The fourth-order valence-electron chi connectivity index (χ4n) is 3.96. The smallest absolute Gasteiger partial charge is 0.326 e. The highest BCUT2D eigenvalue weighted by Gasteiger charge is 2.24. The molecule has 0 radical (unpaired) electrons. The van der Waals surface area contributed by atoms with E-state index in [1.807, 2.05) is 20.0 Å². The number of rotatable bonds is 5. The molecule has 3 heterocycles. The lowest BCUT2D eigenvalue weighted by Gasteiger charge is -2.33. The van der Waals surface area contributed by atoms with Crippen LogP contribution in [0.3, 0.4) is 0 Å². The number of ether oxygens (including phenoxy) is 1. The van der Waals surface area contributed by atoms with Gasteiger partial charge in [-0.1, -0.05) is 23.0 Å². The first-order valence-corrected chi connectivity index (χ1v) is 11.5. The Balaban J connectivity index is 1.50. The monoisotopic (exact) mass is 481 g/mol. The second kappa shape index (κ2) is 8.96. The van der Waals surface area contributed by atoms with Crippen molar-refractivity contribution in [3.63, 3.8) is 0 Å². The van der Waals surface area contributed by atoms with E-state index in [4.69, 9.17) is 10.00 Å². The maximum absolute atomic E-state index is 15.1. The van der Waals surface area contributed by atoms with Crippen LogP contribution in [-0.4, -0.2) is 53.1 Å². The van der Waals surface area contributed by atoms with E-state index in [1.165, 1.54) is 23.6 Å². The SMILES string of the molecule is CC1=Cc2c(cc(F)c(Oc3nc(Nc4ncc(C#N)s4)cc(N4CCN(C)CC4)n3)c2F)C1. The molecule has 5 rings (SSSR count). The third kappa shape index (κ3) is 4.42. The molecule has 0 bridgehead atoms. The van der Waals surface area contributed by atoms with Crippen molar-refractivity contribution in [1.82, 2.24) is 19.9 Å². The Morgan fingerprint density at radius 2 is 1.97 bits per heavy atom. The van der Waals surface area contributed by atoms with Crippen molar-refractivity contribution in [3.8, 4) is 17.8 Å². The van der Waals surface area contributed by atoms with Gasteiger partial charge in [0.15, 0.2) is 16.8 Å². The molecular weight excluding hydrogens is 460 g/mol. The van der Waals surface area contributed by atoms with Crippen molar-refractivity contribution in [1.29, 1.82) is 5.26 Å². The molecule has 3 aromatic rings. The zero-order valence-corrected chi connectivity index (χ0v) is 19.4. The molecule has 34 heavy (non-hydrogen) atoms. The van der Waals surface area contributed by atoms with Crippen molar-refractivity contribution >= 4 is 34.2 Å². The van der Waals surface area contributed by atoms with Gasteiger partial charge in [0, 0.05) is 37.8 Å². The second-order valence-corrected chi connectivity index (χ2v) is 9.33. The van der Waals surface area contributed by atoms with Gasteiger partial charge in [0.05, 0.1) is 6.20 Å². The molecule has 8 nitrogen and oxygen atoms in total. The van der Waals surface area contributed by atoms with Crippen molar-refractivity contribution in [2.75, 3.05) is 43.4 Å². The van der Waals surface area contributed by atoms with E-state index in [0.29, 0.717) is 39.2 Å². The molecule has 1 aliphatic carbocycles. The number of fused-ring (bicyclic) bond motifs is 1. The number of allylic oxidation sites excluding steroid dienone is 1. The van der Waals surface area contributed by atoms with Crippen molar-refractivity contribution in [2.24, 2.45) is 0 Å². The predicted molar refractivity (Wildman–Crippen MR) is 126 cm³/mol. The van der Waals surface area contributed by atoms with Crippen LogP contribution in [0.15, 0.2) is 23.9 Å². The highest BCUT2D eigenvalue weighted by molar-refractivity contribution is 7.16. The van der Waals surface area contributed by atoms with Gasteiger partial charge in [-0.2, -0.15) is 15.2 Å². The minimum atomic E-state index is -0.805. The number of piperazine rings is 1. The van der Waals surface area contributed by atoms with Gasteiger partial charge in [0.2, 0.25) is 5.75 Å². The third-order valence-electron chi connectivity index (χ3n) is 5.72. The Bertz CT molecular complexity index is 1330. The van der Waals surface area contributed by atoms with E-state index >= 15 is 4.39 Å². The van der Waals surface area contributed by atoms with Crippen LogP contribution in [0.2, 0.25) is 0 Å². The van der Waals surface area contributed by atoms with Gasteiger partial charge in [-0.25, -0.2) is 13.8 Å². The van der Waals surface area contributed by atoms with Gasteiger partial charge in [0.1, 0.15) is 22.6 Å². The summed E-state index contributed by atoms with van der Waals surface area (Å²) in [5.74, 6) is -1.20. The Hall–Kier alpha value is -3.62. The number of nitrogens with zero attached hydrogens (tertiary/aromatic N) is 6. The summed E-state index contributed by atoms with van der Waals surface area (Å²) in [5, 5.41) is 12.6. The molecule has 0 saturated carbocycles. The molecule has 0 amide bonds. The fourth-order valence-corrected chi connectivity index (χ4v) is 4.58. The summed E-state index contributed by atoms with van der Waals surface area (Å²) in [4.78, 5) is 17.6. The quantitative estimate of drug-likeness (QED) is 0.576. The lowest BCUT2D eigenvalue weighted by Crippen LogP contribution is -2.44. The zero-order valence-electron chi connectivity index (χ0n) is 18.6. The summed E-state index contributed by atoms with van der Waals surface area (Å²) in [6, 6.07) is 4.87. The molecule has 2 aromatic heterocycles. The fraction of sp³-hybridized carbons (Fsp3) is 0.304. The molecule has 1 aromatic carbocycles. The molecule has 1 N–H and O–H groups in total. The number of nitriles is 1. The Morgan fingerprint density at radius 3 is 2.71 bits per heavy atom. The maximum Gasteiger partial charge on any atom is 0.326 e. The van der Waals surface area contributed by atoms with Crippen molar-refractivity contribution in [3.05, 3.63) is 51.5 Å². The number of thiazole rings is 1. The van der Waals surface area contributed by atoms with E-state index in [2.05, 4.69) is 30.1 Å². The van der Waals surface area contributed by atoms with Crippen LogP contribution in [0.5, 0.6) is 11.8 Å². The van der Waals surface area contributed by atoms with Gasteiger partial charge in [-0.3, -0.25) is 0 Å². The zero-order chi connectivity index (χ0) is 23.8. The van der Waals surface area contributed by atoms with Crippen LogP contribution in [-0.2, 0) is 6.42 Å². The number of halogens is 2. The molecule has 0 spiro atoms.